The maximum Gasteiger partial charge on any atom is 0.243 e. The van der Waals surface area contributed by atoms with Crippen molar-refractivity contribution in [2.75, 3.05) is 6.54 Å². The van der Waals surface area contributed by atoms with Gasteiger partial charge in [0.1, 0.15) is 6.04 Å². The summed E-state index contributed by atoms with van der Waals surface area (Å²) in [5.74, 6) is -0.0934. The van der Waals surface area contributed by atoms with Crippen molar-refractivity contribution in [2.24, 2.45) is 11.3 Å². The van der Waals surface area contributed by atoms with Crippen LogP contribution in [0.15, 0.2) is 0 Å². The Balaban J connectivity index is 1.72. The summed E-state index contributed by atoms with van der Waals surface area (Å²) in [6, 6.07) is -0.676. The summed E-state index contributed by atoms with van der Waals surface area (Å²) in [7, 11) is 0. The first kappa shape index (κ1) is 23.2. The van der Waals surface area contributed by atoms with Gasteiger partial charge in [0.15, 0.2) is 5.78 Å². The molecule has 3 rings (SSSR count). The van der Waals surface area contributed by atoms with E-state index in [1.807, 2.05) is 20.8 Å². The molecule has 2 aliphatic carbocycles. The molecule has 6 heteroatoms. The molecule has 0 radical (unpaired) electrons. The SMILES string of the molecule is CC(=O)[C@@H](NC(=O)C(NC(=O)[C@@H]1CCCN1C1CCC1)C1CCCCC1)C(C)(C)C. The second kappa shape index (κ2) is 9.80. The van der Waals surface area contributed by atoms with Crippen molar-refractivity contribution in [3.05, 3.63) is 0 Å². The molecule has 30 heavy (non-hydrogen) atoms. The van der Waals surface area contributed by atoms with E-state index in [0.29, 0.717) is 6.04 Å². The highest BCUT2D eigenvalue weighted by molar-refractivity contribution is 5.93. The number of hydrogen-bond acceptors (Lipinski definition) is 4. The number of nitrogens with one attached hydrogen (secondary N) is 2. The molecule has 1 saturated heterocycles. The Morgan fingerprint density at radius 3 is 2.07 bits per heavy atom. The Kier molecular flexibility index (Phi) is 7.59. The van der Waals surface area contributed by atoms with Crippen molar-refractivity contribution in [1.82, 2.24) is 15.5 Å². The standard InChI is InChI=1S/C24H41N3O3/c1-16(28)21(24(2,3)4)26-23(30)20(17-10-6-5-7-11-17)25-22(29)19-14-9-15-27(19)18-12-8-13-18/h17-21H,5-15H2,1-4H3,(H,25,29)(H,26,30)/t19-,20?,21+/m0/s1. The fourth-order valence-corrected chi connectivity index (χ4v) is 5.50. The molecule has 0 aromatic rings. The van der Waals surface area contributed by atoms with Gasteiger partial charge in [-0.25, -0.2) is 0 Å². The zero-order chi connectivity index (χ0) is 21.9. The summed E-state index contributed by atoms with van der Waals surface area (Å²) >= 11 is 0. The molecule has 170 valence electrons. The molecule has 1 unspecified atom stereocenters. The first-order valence-corrected chi connectivity index (χ1v) is 12.1. The maximum atomic E-state index is 13.3. The fourth-order valence-electron chi connectivity index (χ4n) is 5.50. The van der Waals surface area contributed by atoms with Crippen LogP contribution in [0.25, 0.3) is 0 Å². The zero-order valence-electron chi connectivity index (χ0n) is 19.3. The van der Waals surface area contributed by atoms with Gasteiger partial charge in [0, 0.05) is 6.04 Å². The predicted octanol–water partition coefficient (Wildman–Crippen LogP) is 3.19. The first-order valence-electron chi connectivity index (χ1n) is 12.1. The van der Waals surface area contributed by atoms with E-state index in [9.17, 15) is 14.4 Å². The molecule has 1 aliphatic heterocycles. The van der Waals surface area contributed by atoms with E-state index in [1.54, 1.807) is 0 Å². The van der Waals surface area contributed by atoms with Gasteiger partial charge in [0.2, 0.25) is 11.8 Å². The lowest BCUT2D eigenvalue weighted by Crippen LogP contribution is -2.60. The average molecular weight is 420 g/mol. The third kappa shape index (κ3) is 5.43. The summed E-state index contributed by atoms with van der Waals surface area (Å²) in [6.07, 6.45) is 10.8. The molecule has 2 saturated carbocycles. The molecule has 0 aromatic heterocycles. The highest BCUT2D eigenvalue weighted by Gasteiger charge is 2.41. The molecule has 1 heterocycles. The Labute approximate surface area is 181 Å². The number of Topliss-reactive ketones (excluding diaryl/α,β-unsaturated/α-hetero) is 1. The van der Waals surface area contributed by atoms with E-state index >= 15 is 0 Å². The van der Waals surface area contributed by atoms with E-state index in [-0.39, 0.29) is 35.0 Å². The van der Waals surface area contributed by atoms with Crippen LogP contribution in [0.3, 0.4) is 0 Å². The Morgan fingerprint density at radius 2 is 1.53 bits per heavy atom. The van der Waals surface area contributed by atoms with E-state index in [1.165, 1.54) is 32.6 Å². The van der Waals surface area contributed by atoms with Gasteiger partial charge in [-0.2, -0.15) is 0 Å². The lowest BCUT2D eigenvalue weighted by atomic mass is 9.81. The van der Waals surface area contributed by atoms with Gasteiger partial charge < -0.3 is 10.6 Å². The minimum absolute atomic E-state index is 0.000238. The summed E-state index contributed by atoms with van der Waals surface area (Å²) in [5, 5.41) is 6.14. The van der Waals surface area contributed by atoms with Gasteiger partial charge >= 0.3 is 0 Å². The molecule has 0 aromatic carbocycles. The maximum absolute atomic E-state index is 13.3. The normalized spacial score (nSPS) is 25.9. The molecule has 3 fully saturated rings. The molecular weight excluding hydrogens is 378 g/mol. The molecule has 2 N–H and O–H groups in total. The summed E-state index contributed by atoms with van der Waals surface area (Å²) in [6.45, 7) is 8.40. The summed E-state index contributed by atoms with van der Waals surface area (Å²) < 4.78 is 0. The highest BCUT2D eigenvalue weighted by atomic mass is 16.2. The van der Waals surface area contributed by atoms with Crippen LogP contribution in [0.5, 0.6) is 0 Å². The molecule has 3 aliphatic rings. The average Bonchev–Trinajstić information content (AvgIpc) is 3.11. The third-order valence-corrected chi connectivity index (χ3v) is 7.40. The largest absolute Gasteiger partial charge is 0.344 e. The highest BCUT2D eigenvalue weighted by Crippen LogP contribution is 2.32. The van der Waals surface area contributed by atoms with Crippen LogP contribution in [0.4, 0.5) is 0 Å². The summed E-state index contributed by atoms with van der Waals surface area (Å²) in [4.78, 5) is 41.2. The number of carbonyl (C=O) groups is 3. The van der Waals surface area contributed by atoms with Gasteiger partial charge in [0.25, 0.3) is 0 Å². The van der Waals surface area contributed by atoms with E-state index < -0.39 is 12.1 Å². The quantitative estimate of drug-likeness (QED) is 0.664. The van der Waals surface area contributed by atoms with E-state index in [0.717, 1.165) is 45.1 Å². The lowest BCUT2D eigenvalue weighted by Gasteiger charge is -2.39. The monoisotopic (exact) mass is 419 g/mol. The van der Waals surface area contributed by atoms with Crippen LogP contribution in [0.1, 0.15) is 91.9 Å². The van der Waals surface area contributed by atoms with Crippen LogP contribution in [-0.2, 0) is 14.4 Å². The molecule has 6 nitrogen and oxygen atoms in total. The topological polar surface area (TPSA) is 78.5 Å². The Hall–Kier alpha value is -1.43. The number of carbonyl (C=O) groups excluding carboxylic acids is 3. The van der Waals surface area contributed by atoms with Crippen molar-refractivity contribution in [3.8, 4) is 0 Å². The Morgan fingerprint density at radius 1 is 0.867 bits per heavy atom. The minimum atomic E-state index is -0.550. The van der Waals surface area contributed by atoms with Crippen molar-refractivity contribution < 1.29 is 14.4 Å². The van der Waals surface area contributed by atoms with E-state index in [2.05, 4.69) is 15.5 Å². The Bertz CT molecular complexity index is 632. The van der Waals surface area contributed by atoms with Gasteiger partial charge in [-0.15, -0.1) is 0 Å². The number of amides is 2. The lowest BCUT2D eigenvalue weighted by molar-refractivity contribution is -0.135. The smallest absolute Gasteiger partial charge is 0.243 e. The number of likely N-dealkylation sites (tertiary alicyclic amines) is 1. The van der Waals surface area contributed by atoms with Crippen molar-refractivity contribution >= 4 is 17.6 Å². The first-order chi connectivity index (χ1) is 14.2. The molecule has 3 atom stereocenters. The van der Waals surface area contributed by atoms with Crippen molar-refractivity contribution in [3.63, 3.8) is 0 Å². The van der Waals surface area contributed by atoms with Gasteiger partial charge in [0.05, 0.1) is 12.1 Å². The van der Waals surface area contributed by atoms with Crippen LogP contribution in [0.2, 0.25) is 0 Å². The second-order valence-corrected chi connectivity index (χ2v) is 10.8. The number of nitrogens with zero attached hydrogens (tertiary/aromatic N) is 1. The van der Waals surface area contributed by atoms with Crippen LogP contribution in [0, 0.1) is 11.3 Å². The van der Waals surface area contributed by atoms with Crippen LogP contribution < -0.4 is 10.6 Å². The number of hydrogen-bond donors (Lipinski definition) is 2. The van der Waals surface area contributed by atoms with Crippen molar-refractivity contribution in [1.29, 1.82) is 0 Å². The number of ketones is 1. The summed E-state index contributed by atoms with van der Waals surface area (Å²) in [5.41, 5.74) is -0.366. The van der Waals surface area contributed by atoms with Crippen molar-refractivity contribution in [2.45, 2.75) is 116 Å². The number of rotatable bonds is 7. The zero-order valence-corrected chi connectivity index (χ0v) is 19.3. The van der Waals surface area contributed by atoms with Crippen LogP contribution in [-0.4, -0.2) is 53.2 Å². The molecule has 0 spiro atoms. The van der Waals surface area contributed by atoms with Gasteiger partial charge in [-0.1, -0.05) is 46.5 Å². The van der Waals surface area contributed by atoms with E-state index in [4.69, 9.17) is 0 Å². The molecule has 0 bridgehead atoms. The van der Waals surface area contributed by atoms with Gasteiger partial charge in [-0.3, -0.25) is 19.3 Å². The van der Waals surface area contributed by atoms with Crippen LogP contribution >= 0.6 is 0 Å². The fraction of sp³-hybridized carbons (Fsp3) is 0.875. The molecule has 2 amide bonds. The third-order valence-electron chi connectivity index (χ3n) is 7.40. The van der Waals surface area contributed by atoms with Gasteiger partial charge in [-0.05, 0) is 63.3 Å². The predicted molar refractivity (Wildman–Crippen MR) is 118 cm³/mol. The minimum Gasteiger partial charge on any atom is -0.344 e. The second-order valence-electron chi connectivity index (χ2n) is 10.8. The molecular formula is C24H41N3O3.